The number of para-hydroxylation sites is 1. The molecule has 2 N–H and O–H groups in total. The van der Waals surface area contributed by atoms with Crippen molar-refractivity contribution in [2.45, 2.75) is 45.7 Å². The number of hydrogen-bond acceptors (Lipinski definition) is 3. The number of hydrogen-bond donors (Lipinski definition) is 2. The number of piperidine rings is 1. The van der Waals surface area contributed by atoms with Gasteiger partial charge in [-0.1, -0.05) is 18.2 Å². The predicted octanol–water partition coefficient (Wildman–Crippen LogP) is 2.31. The van der Waals surface area contributed by atoms with Crippen LogP contribution in [0, 0.1) is 13.8 Å². The summed E-state index contributed by atoms with van der Waals surface area (Å²) < 4.78 is 0. The second-order valence-corrected chi connectivity index (χ2v) is 6.05. The molecule has 0 aromatic heterocycles. The van der Waals surface area contributed by atoms with Crippen LogP contribution in [0.15, 0.2) is 18.2 Å². The van der Waals surface area contributed by atoms with Crippen molar-refractivity contribution in [3.05, 3.63) is 29.3 Å². The Bertz CT molecular complexity index is 481. The second kappa shape index (κ2) is 7.05. The number of benzene rings is 1. The minimum atomic E-state index is -0.0971. The molecule has 1 saturated heterocycles. The predicted molar refractivity (Wildman–Crippen MR) is 87.7 cm³/mol. The maximum atomic E-state index is 12.5. The highest BCUT2D eigenvalue weighted by molar-refractivity contribution is 5.95. The third-order valence-corrected chi connectivity index (χ3v) is 4.52. The zero-order valence-corrected chi connectivity index (χ0v) is 13.6. The summed E-state index contributed by atoms with van der Waals surface area (Å²) in [6.45, 7) is 8.01. The summed E-state index contributed by atoms with van der Waals surface area (Å²) >= 11 is 0. The Labute approximate surface area is 127 Å². The number of likely N-dealkylation sites (N-methyl/N-ethyl adjacent to an activating group) is 1. The molecule has 4 heteroatoms. The van der Waals surface area contributed by atoms with E-state index < -0.39 is 0 Å². The lowest BCUT2D eigenvalue weighted by atomic mass is 10.0. The number of nitrogens with zero attached hydrogens (tertiary/aromatic N) is 1. The molecule has 2 rings (SSSR count). The van der Waals surface area contributed by atoms with E-state index in [0.29, 0.717) is 6.04 Å². The molecule has 1 aromatic rings. The standard InChI is InChI=1S/C17H27N3O/c1-12-7-5-8-13(2)16(12)19-17(21)14(3)20-10-6-9-15(11-20)18-4/h5,7-8,14-15,18H,6,9-11H2,1-4H3,(H,19,21). The SMILES string of the molecule is CNC1CCCN(C(C)C(=O)Nc2c(C)cccc2C)C1. The number of anilines is 1. The number of rotatable bonds is 4. The summed E-state index contributed by atoms with van der Waals surface area (Å²) in [5, 5.41) is 6.43. The van der Waals surface area contributed by atoms with Gasteiger partial charge < -0.3 is 10.6 Å². The first kappa shape index (κ1) is 16.0. The highest BCUT2D eigenvalue weighted by Crippen LogP contribution is 2.21. The molecule has 116 valence electrons. The topological polar surface area (TPSA) is 44.4 Å². The Kier molecular flexibility index (Phi) is 5.37. The molecule has 0 spiro atoms. The number of aryl methyl sites for hydroxylation is 2. The van der Waals surface area contributed by atoms with Gasteiger partial charge in [-0.3, -0.25) is 9.69 Å². The zero-order valence-electron chi connectivity index (χ0n) is 13.6. The quantitative estimate of drug-likeness (QED) is 0.894. The fourth-order valence-electron chi connectivity index (χ4n) is 3.00. The Balaban J connectivity index is 2.02. The number of carbonyl (C=O) groups is 1. The maximum Gasteiger partial charge on any atom is 0.241 e. The lowest BCUT2D eigenvalue weighted by Gasteiger charge is -2.36. The Hall–Kier alpha value is -1.39. The Morgan fingerprint density at radius 2 is 2.00 bits per heavy atom. The molecule has 1 heterocycles. The molecule has 2 unspecified atom stereocenters. The van der Waals surface area contributed by atoms with E-state index in [0.717, 1.165) is 36.3 Å². The van der Waals surface area contributed by atoms with E-state index in [1.165, 1.54) is 6.42 Å². The van der Waals surface area contributed by atoms with E-state index in [2.05, 4.69) is 15.5 Å². The third kappa shape index (κ3) is 3.83. The van der Waals surface area contributed by atoms with Gasteiger partial charge in [0.05, 0.1) is 6.04 Å². The Morgan fingerprint density at radius 3 is 2.62 bits per heavy atom. The van der Waals surface area contributed by atoms with Gasteiger partial charge in [-0.15, -0.1) is 0 Å². The minimum Gasteiger partial charge on any atom is -0.324 e. The van der Waals surface area contributed by atoms with Gasteiger partial charge >= 0.3 is 0 Å². The van der Waals surface area contributed by atoms with Gasteiger partial charge in [-0.2, -0.15) is 0 Å². The van der Waals surface area contributed by atoms with Gasteiger partial charge in [-0.05, 0) is 58.3 Å². The lowest BCUT2D eigenvalue weighted by molar-refractivity contribution is -0.121. The molecule has 2 atom stereocenters. The van der Waals surface area contributed by atoms with Crippen molar-refractivity contribution in [1.82, 2.24) is 10.2 Å². The summed E-state index contributed by atoms with van der Waals surface area (Å²) in [5.41, 5.74) is 3.18. The summed E-state index contributed by atoms with van der Waals surface area (Å²) in [5.74, 6) is 0.0872. The fraction of sp³-hybridized carbons (Fsp3) is 0.588. The van der Waals surface area contributed by atoms with Gasteiger partial charge in [0.2, 0.25) is 5.91 Å². The van der Waals surface area contributed by atoms with Crippen LogP contribution < -0.4 is 10.6 Å². The van der Waals surface area contributed by atoms with Gasteiger partial charge in [0, 0.05) is 18.3 Å². The average Bonchev–Trinajstić information content (AvgIpc) is 2.50. The molecule has 21 heavy (non-hydrogen) atoms. The van der Waals surface area contributed by atoms with Crippen molar-refractivity contribution in [1.29, 1.82) is 0 Å². The zero-order chi connectivity index (χ0) is 15.4. The molecule has 1 aliphatic heterocycles. The van der Waals surface area contributed by atoms with Crippen molar-refractivity contribution in [2.24, 2.45) is 0 Å². The van der Waals surface area contributed by atoms with Crippen molar-refractivity contribution >= 4 is 11.6 Å². The van der Waals surface area contributed by atoms with Crippen LogP contribution in [0.1, 0.15) is 30.9 Å². The Morgan fingerprint density at radius 1 is 1.33 bits per heavy atom. The van der Waals surface area contributed by atoms with E-state index >= 15 is 0 Å². The summed E-state index contributed by atoms with van der Waals surface area (Å²) in [6, 6.07) is 6.48. The molecule has 1 fully saturated rings. The highest BCUT2D eigenvalue weighted by atomic mass is 16.2. The van der Waals surface area contributed by atoms with Crippen molar-refractivity contribution in [2.75, 3.05) is 25.5 Å². The molecule has 0 aliphatic carbocycles. The monoisotopic (exact) mass is 289 g/mol. The van der Waals surface area contributed by atoms with Crippen LogP contribution >= 0.6 is 0 Å². The van der Waals surface area contributed by atoms with Gasteiger partial charge in [0.15, 0.2) is 0 Å². The molecule has 0 bridgehead atoms. The molecular weight excluding hydrogens is 262 g/mol. The first-order chi connectivity index (χ1) is 10.0. The molecular formula is C17H27N3O. The van der Waals surface area contributed by atoms with Crippen LogP contribution in [0.2, 0.25) is 0 Å². The van der Waals surface area contributed by atoms with Crippen LogP contribution in [-0.4, -0.2) is 43.0 Å². The van der Waals surface area contributed by atoms with E-state index in [4.69, 9.17) is 0 Å². The first-order valence-corrected chi connectivity index (χ1v) is 7.81. The summed E-state index contributed by atoms with van der Waals surface area (Å²) in [6.07, 6.45) is 2.34. The van der Waals surface area contributed by atoms with Crippen LogP contribution in [0.25, 0.3) is 0 Å². The molecule has 0 radical (unpaired) electrons. The van der Waals surface area contributed by atoms with Crippen molar-refractivity contribution in [3.8, 4) is 0 Å². The van der Waals surface area contributed by atoms with Crippen LogP contribution in [0.3, 0.4) is 0 Å². The molecule has 1 aliphatic rings. The fourth-order valence-corrected chi connectivity index (χ4v) is 3.00. The second-order valence-electron chi connectivity index (χ2n) is 6.05. The molecule has 4 nitrogen and oxygen atoms in total. The number of amides is 1. The molecule has 0 saturated carbocycles. The van der Waals surface area contributed by atoms with Gasteiger partial charge in [0.25, 0.3) is 0 Å². The molecule has 1 amide bonds. The summed E-state index contributed by atoms with van der Waals surface area (Å²) in [7, 11) is 2.00. The van der Waals surface area contributed by atoms with E-state index in [1.807, 2.05) is 46.0 Å². The lowest BCUT2D eigenvalue weighted by Crippen LogP contribution is -2.51. The van der Waals surface area contributed by atoms with Crippen molar-refractivity contribution in [3.63, 3.8) is 0 Å². The third-order valence-electron chi connectivity index (χ3n) is 4.52. The highest BCUT2D eigenvalue weighted by Gasteiger charge is 2.27. The normalized spacial score (nSPS) is 21.0. The summed E-state index contributed by atoms with van der Waals surface area (Å²) in [4.78, 5) is 14.8. The maximum absolute atomic E-state index is 12.5. The van der Waals surface area contributed by atoms with Gasteiger partial charge in [-0.25, -0.2) is 0 Å². The number of likely N-dealkylation sites (tertiary alicyclic amines) is 1. The number of carbonyl (C=O) groups excluding carboxylic acids is 1. The largest absolute Gasteiger partial charge is 0.324 e. The van der Waals surface area contributed by atoms with Crippen LogP contribution in [0.5, 0.6) is 0 Å². The van der Waals surface area contributed by atoms with Crippen LogP contribution in [0.4, 0.5) is 5.69 Å². The van der Waals surface area contributed by atoms with Crippen molar-refractivity contribution < 1.29 is 4.79 Å². The van der Waals surface area contributed by atoms with E-state index in [9.17, 15) is 4.79 Å². The number of nitrogens with one attached hydrogen (secondary N) is 2. The first-order valence-electron chi connectivity index (χ1n) is 7.81. The van der Waals surface area contributed by atoms with E-state index in [1.54, 1.807) is 0 Å². The van der Waals surface area contributed by atoms with Crippen LogP contribution in [-0.2, 0) is 4.79 Å². The minimum absolute atomic E-state index is 0.0872. The van der Waals surface area contributed by atoms with Gasteiger partial charge in [0.1, 0.15) is 0 Å². The molecule has 1 aromatic carbocycles. The average molecular weight is 289 g/mol. The van der Waals surface area contributed by atoms with E-state index in [-0.39, 0.29) is 11.9 Å². The smallest absolute Gasteiger partial charge is 0.241 e.